The minimum atomic E-state index is -0.168. The number of ether oxygens (including phenoxy) is 3. The van der Waals surface area contributed by atoms with Gasteiger partial charge in [0.2, 0.25) is 0 Å². The Morgan fingerprint density at radius 2 is 2.06 bits per heavy atom. The lowest BCUT2D eigenvalue weighted by Gasteiger charge is -2.19. The zero-order chi connectivity index (χ0) is 22.8. The van der Waals surface area contributed by atoms with E-state index in [2.05, 4.69) is 35.7 Å². The van der Waals surface area contributed by atoms with Gasteiger partial charge in [0.05, 0.1) is 19.7 Å². The largest absolute Gasteiger partial charge is 0.490 e. The average Bonchev–Trinajstić information content (AvgIpc) is 3.41. The Labute approximate surface area is 196 Å². The van der Waals surface area contributed by atoms with Crippen LogP contribution < -0.4 is 9.47 Å². The summed E-state index contributed by atoms with van der Waals surface area (Å²) >= 11 is 1.72. The Bertz CT molecular complexity index is 1290. The molecule has 1 amide bonds. The fourth-order valence-corrected chi connectivity index (χ4v) is 5.12. The molecule has 0 aliphatic carbocycles. The number of thiophene rings is 1. The number of carbonyl (C=O) groups is 1. The van der Waals surface area contributed by atoms with Crippen LogP contribution in [0.1, 0.15) is 28.8 Å². The highest BCUT2D eigenvalue weighted by Gasteiger charge is 2.26. The van der Waals surface area contributed by atoms with E-state index in [1.54, 1.807) is 35.5 Å². The van der Waals surface area contributed by atoms with Gasteiger partial charge in [-0.25, -0.2) is 0 Å². The number of carbonyl (C=O) groups excluding carboxylic acids is 1. The number of rotatable bonds is 6. The predicted molar refractivity (Wildman–Crippen MR) is 128 cm³/mol. The fourth-order valence-electron chi connectivity index (χ4n) is 4.15. The lowest BCUT2D eigenvalue weighted by atomic mass is 10.0. The molecule has 7 heteroatoms. The van der Waals surface area contributed by atoms with Crippen LogP contribution >= 0.6 is 11.3 Å². The molecule has 33 heavy (non-hydrogen) atoms. The van der Waals surface area contributed by atoms with Crippen molar-refractivity contribution in [2.45, 2.75) is 20.1 Å². The van der Waals surface area contributed by atoms with Crippen LogP contribution in [0.4, 0.5) is 0 Å². The quantitative estimate of drug-likeness (QED) is 0.365. The third kappa shape index (κ3) is 4.21. The zero-order valence-electron chi connectivity index (χ0n) is 18.6. The molecule has 6 nitrogen and oxygen atoms in total. The minimum Gasteiger partial charge on any atom is -0.490 e. The van der Waals surface area contributed by atoms with Gasteiger partial charge in [0.1, 0.15) is 19.0 Å². The van der Waals surface area contributed by atoms with Gasteiger partial charge in [0, 0.05) is 28.3 Å². The van der Waals surface area contributed by atoms with E-state index in [1.807, 2.05) is 13.0 Å². The summed E-state index contributed by atoms with van der Waals surface area (Å²) in [6.07, 6.45) is 0. The van der Waals surface area contributed by atoms with Crippen molar-refractivity contribution in [2.75, 3.05) is 26.9 Å². The highest BCUT2D eigenvalue weighted by atomic mass is 32.1. The monoisotopic (exact) mass is 463 g/mol. The number of benzene rings is 2. The average molecular weight is 464 g/mol. The molecule has 2 aromatic heterocycles. The molecular formula is C26H25NO5S. The Hall–Kier alpha value is -3.29. The first-order valence-electron chi connectivity index (χ1n) is 10.9. The molecule has 0 atom stereocenters. The van der Waals surface area contributed by atoms with E-state index in [4.69, 9.17) is 18.6 Å². The summed E-state index contributed by atoms with van der Waals surface area (Å²) in [6.45, 7) is 4.06. The number of hydrogen-bond acceptors (Lipinski definition) is 6. The zero-order valence-corrected chi connectivity index (χ0v) is 19.4. The molecule has 0 spiro atoms. The van der Waals surface area contributed by atoms with Crippen LogP contribution in [0.2, 0.25) is 0 Å². The molecule has 0 saturated heterocycles. The van der Waals surface area contributed by atoms with E-state index in [0.717, 1.165) is 16.7 Å². The smallest absolute Gasteiger partial charge is 0.289 e. The van der Waals surface area contributed by atoms with E-state index < -0.39 is 0 Å². The van der Waals surface area contributed by atoms with Crippen LogP contribution in [0.25, 0.3) is 21.2 Å². The molecule has 2 aromatic carbocycles. The first-order valence-corrected chi connectivity index (χ1v) is 11.8. The van der Waals surface area contributed by atoms with Gasteiger partial charge in [-0.2, -0.15) is 0 Å². The second-order valence-corrected chi connectivity index (χ2v) is 8.73. The van der Waals surface area contributed by atoms with Crippen molar-refractivity contribution < 1.29 is 23.4 Å². The molecule has 0 bridgehead atoms. The standard InChI is InChI=1S/C26H25NO5S/c1-3-30-23-13-17(21-16-33-24-7-5-4-6-20(21)24)12-18-14-27(10-11-31-25(18)23)26(28)22-9-8-19(32-22)15-29-2/h4-9,12-13,16H,3,10-11,14-15H2,1-2H3. The first kappa shape index (κ1) is 21.6. The molecule has 0 saturated carbocycles. The third-order valence-corrected chi connectivity index (χ3v) is 6.60. The summed E-state index contributed by atoms with van der Waals surface area (Å²) in [5, 5.41) is 3.37. The van der Waals surface area contributed by atoms with Gasteiger partial charge in [-0.1, -0.05) is 18.2 Å². The molecule has 1 aliphatic rings. The number of furan rings is 1. The van der Waals surface area contributed by atoms with Crippen molar-refractivity contribution in [3.63, 3.8) is 0 Å². The van der Waals surface area contributed by atoms with Crippen molar-refractivity contribution in [1.29, 1.82) is 0 Å². The lowest BCUT2D eigenvalue weighted by molar-refractivity contribution is 0.0693. The fraction of sp³-hybridized carbons (Fsp3) is 0.269. The number of hydrogen-bond donors (Lipinski definition) is 0. The van der Waals surface area contributed by atoms with E-state index in [9.17, 15) is 4.79 Å². The molecule has 3 heterocycles. The van der Waals surface area contributed by atoms with E-state index in [1.165, 1.54) is 10.1 Å². The molecule has 5 rings (SSSR count). The highest BCUT2D eigenvalue weighted by Crippen LogP contribution is 2.42. The van der Waals surface area contributed by atoms with Gasteiger partial charge >= 0.3 is 0 Å². The molecular weight excluding hydrogens is 438 g/mol. The summed E-state index contributed by atoms with van der Waals surface area (Å²) in [5.41, 5.74) is 3.12. The summed E-state index contributed by atoms with van der Waals surface area (Å²) in [7, 11) is 1.59. The van der Waals surface area contributed by atoms with E-state index in [-0.39, 0.29) is 5.91 Å². The normalized spacial score (nSPS) is 13.5. The number of amides is 1. The van der Waals surface area contributed by atoms with Gasteiger partial charge in [-0.15, -0.1) is 11.3 Å². The van der Waals surface area contributed by atoms with Crippen molar-refractivity contribution in [3.8, 4) is 22.6 Å². The summed E-state index contributed by atoms with van der Waals surface area (Å²) in [5.74, 6) is 2.16. The first-order chi connectivity index (χ1) is 16.2. The van der Waals surface area contributed by atoms with Gasteiger partial charge in [-0.05, 0) is 48.2 Å². The molecule has 0 radical (unpaired) electrons. The predicted octanol–water partition coefficient (Wildman–Crippen LogP) is 5.74. The molecule has 1 aliphatic heterocycles. The summed E-state index contributed by atoms with van der Waals surface area (Å²) < 4.78 is 24.1. The summed E-state index contributed by atoms with van der Waals surface area (Å²) in [6, 6.07) is 16.0. The number of fused-ring (bicyclic) bond motifs is 2. The van der Waals surface area contributed by atoms with Gasteiger partial charge in [0.15, 0.2) is 17.3 Å². The molecule has 0 N–H and O–H groups in total. The van der Waals surface area contributed by atoms with Crippen LogP contribution in [0.5, 0.6) is 11.5 Å². The highest BCUT2D eigenvalue weighted by molar-refractivity contribution is 7.17. The van der Waals surface area contributed by atoms with Crippen molar-refractivity contribution in [3.05, 3.63) is 71.0 Å². The SMILES string of the molecule is CCOc1cc(-c2csc3ccccc23)cc2c1OCCN(C(=O)c1ccc(COC)o1)C2. The van der Waals surface area contributed by atoms with Crippen molar-refractivity contribution in [2.24, 2.45) is 0 Å². The van der Waals surface area contributed by atoms with Gasteiger partial charge in [0.25, 0.3) is 5.91 Å². The van der Waals surface area contributed by atoms with Crippen molar-refractivity contribution >= 4 is 27.3 Å². The van der Waals surface area contributed by atoms with Crippen LogP contribution in [-0.4, -0.2) is 37.7 Å². The van der Waals surface area contributed by atoms with Gasteiger partial charge < -0.3 is 23.5 Å². The summed E-state index contributed by atoms with van der Waals surface area (Å²) in [4.78, 5) is 14.9. The van der Waals surface area contributed by atoms with Crippen molar-refractivity contribution in [1.82, 2.24) is 4.90 Å². The van der Waals surface area contributed by atoms with Crippen LogP contribution in [-0.2, 0) is 17.9 Å². The molecule has 0 unspecified atom stereocenters. The topological polar surface area (TPSA) is 61.1 Å². The number of nitrogens with zero attached hydrogens (tertiary/aromatic N) is 1. The lowest BCUT2D eigenvalue weighted by Crippen LogP contribution is -2.32. The van der Waals surface area contributed by atoms with Crippen LogP contribution in [0.15, 0.2) is 58.3 Å². The second kappa shape index (κ2) is 9.29. The minimum absolute atomic E-state index is 0.168. The Morgan fingerprint density at radius 3 is 2.91 bits per heavy atom. The Kier molecular flexibility index (Phi) is 6.07. The van der Waals surface area contributed by atoms with E-state index >= 15 is 0 Å². The Morgan fingerprint density at radius 1 is 1.18 bits per heavy atom. The van der Waals surface area contributed by atoms with Crippen LogP contribution in [0, 0.1) is 0 Å². The molecule has 170 valence electrons. The third-order valence-electron chi connectivity index (χ3n) is 5.64. The maximum atomic E-state index is 13.2. The Balaban J connectivity index is 1.52. The van der Waals surface area contributed by atoms with Gasteiger partial charge in [-0.3, -0.25) is 4.79 Å². The molecule has 4 aromatic rings. The maximum Gasteiger partial charge on any atom is 0.289 e. The second-order valence-electron chi connectivity index (χ2n) is 7.82. The maximum absolute atomic E-state index is 13.2. The van der Waals surface area contributed by atoms with E-state index in [0.29, 0.717) is 55.9 Å². The number of methoxy groups -OCH3 is 1. The molecule has 0 fully saturated rings. The van der Waals surface area contributed by atoms with Crippen LogP contribution in [0.3, 0.4) is 0 Å².